The van der Waals surface area contributed by atoms with E-state index in [-0.39, 0.29) is 10.8 Å². The molecular weight excluding hydrogens is 872 g/mol. The molecule has 0 saturated heterocycles. The Labute approximate surface area is 413 Å². The van der Waals surface area contributed by atoms with Crippen molar-refractivity contribution < 1.29 is 18.3 Å². The summed E-state index contributed by atoms with van der Waals surface area (Å²) in [6.07, 6.45) is 2.24. The van der Waals surface area contributed by atoms with Crippen molar-refractivity contribution in [2.45, 2.75) is 65.2 Å². The molecule has 1 radical (unpaired) electrons. The molecule has 11 aromatic rings. The number of furan rings is 2. The van der Waals surface area contributed by atoms with Crippen LogP contribution in [-0.2, 0) is 10.8 Å². The Bertz CT molecular complexity index is 4050. The molecule has 0 bridgehead atoms. The highest BCUT2D eigenvalue weighted by Gasteiger charge is 2.40. The van der Waals surface area contributed by atoms with Crippen LogP contribution < -0.4 is 30.6 Å². The Morgan fingerprint density at radius 1 is 0.493 bits per heavy atom. The van der Waals surface area contributed by atoms with Crippen molar-refractivity contribution in [3.63, 3.8) is 0 Å². The third-order valence-electron chi connectivity index (χ3n) is 15.6. The van der Waals surface area contributed by atoms with Gasteiger partial charge in [0.15, 0.2) is 30.3 Å². The number of para-hydroxylation sites is 4. The lowest BCUT2D eigenvalue weighted by Crippen LogP contribution is -2.41. The summed E-state index contributed by atoms with van der Waals surface area (Å²) in [6, 6.07) is 57.9. The molecule has 0 saturated carbocycles. The lowest BCUT2D eigenvalue weighted by molar-refractivity contribution is 0.332. The van der Waals surface area contributed by atoms with Crippen molar-refractivity contribution in [2.24, 2.45) is 0 Å². The summed E-state index contributed by atoms with van der Waals surface area (Å²) in [5.41, 5.74) is 19.5. The Hall–Kier alpha value is -8.16. The van der Waals surface area contributed by atoms with Gasteiger partial charge in [0.2, 0.25) is 0 Å². The molecule has 0 atom stereocenters. The molecule has 6 nitrogen and oxygen atoms in total. The second-order valence-corrected chi connectivity index (χ2v) is 21.1. The summed E-state index contributed by atoms with van der Waals surface area (Å²) in [4.78, 5) is 2.48. The van der Waals surface area contributed by atoms with E-state index in [1.54, 1.807) is 0 Å². The average Bonchev–Trinajstić information content (AvgIpc) is 3.94. The molecule has 3 aliphatic rings. The number of nitrogens with one attached hydrogen (secondary N) is 1. The number of anilines is 5. The van der Waals surface area contributed by atoms with E-state index < -0.39 is 0 Å². The van der Waals surface area contributed by atoms with Crippen LogP contribution in [0.1, 0.15) is 62.8 Å². The molecule has 71 heavy (non-hydrogen) atoms. The predicted molar refractivity (Wildman–Crippen MR) is 293 cm³/mol. The minimum Gasteiger partial charge on any atom is -0.455 e. The predicted octanol–water partition coefficient (Wildman–Crippen LogP) is 16.9. The maximum Gasteiger partial charge on any atom is 0.198 e. The fourth-order valence-electron chi connectivity index (χ4n) is 11.7. The zero-order valence-electron chi connectivity index (χ0n) is 40.7. The summed E-state index contributed by atoms with van der Waals surface area (Å²) in [5.74, 6) is 2.71. The normalized spacial score (nSPS) is 15.0. The van der Waals surface area contributed by atoms with E-state index in [4.69, 9.17) is 18.3 Å². The van der Waals surface area contributed by atoms with Crippen LogP contribution in [-0.4, -0.2) is 7.28 Å². The average molecular weight is 922 g/mol. The van der Waals surface area contributed by atoms with Crippen molar-refractivity contribution in [3.05, 3.63) is 186 Å². The molecule has 2 aliphatic heterocycles. The number of aryl methyl sites for hydroxylation is 2. The van der Waals surface area contributed by atoms with Crippen molar-refractivity contribution in [3.8, 4) is 45.3 Å². The van der Waals surface area contributed by atoms with Crippen LogP contribution in [0.5, 0.6) is 23.0 Å². The lowest BCUT2D eigenvalue weighted by Gasteiger charge is -2.44. The van der Waals surface area contributed by atoms with Gasteiger partial charge in [0.05, 0.1) is 11.3 Å². The molecule has 0 fully saturated rings. The summed E-state index contributed by atoms with van der Waals surface area (Å²) >= 11 is 0. The zero-order valence-corrected chi connectivity index (χ0v) is 40.7. The zero-order chi connectivity index (χ0) is 47.9. The molecule has 7 heteroatoms. The van der Waals surface area contributed by atoms with Crippen molar-refractivity contribution in [1.82, 2.24) is 0 Å². The van der Waals surface area contributed by atoms with E-state index in [0.29, 0.717) is 23.0 Å². The van der Waals surface area contributed by atoms with Gasteiger partial charge in [-0.3, -0.25) is 0 Å². The van der Waals surface area contributed by atoms with Crippen LogP contribution in [0.15, 0.2) is 173 Å². The van der Waals surface area contributed by atoms with Gasteiger partial charge in [-0.25, -0.2) is 0 Å². The maximum atomic E-state index is 7.20. The van der Waals surface area contributed by atoms with Crippen LogP contribution in [0.25, 0.3) is 66.1 Å². The highest BCUT2D eigenvalue weighted by atomic mass is 16.6. The molecule has 9 aromatic carbocycles. The van der Waals surface area contributed by atoms with Gasteiger partial charge < -0.3 is 28.5 Å². The Kier molecular flexibility index (Phi) is 8.93. The number of ether oxygens (including phenoxy) is 2. The van der Waals surface area contributed by atoms with E-state index in [9.17, 15) is 0 Å². The molecule has 0 unspecified atom stereocenters. The summed E-state index contributed by atoms with van der Waals surface area (Å²) in [7, 11) is 2.32. The van der Waals surface area contributed by atoms with Gasteiger partial charge in [0.1, 0.15) is 22.3 Å². The third-order valence-corrected chi connectivity index (χ3v) is 15.6. The fraction of sp³-hybridized carbons (Fsp3) is 0.156. The maximum absolute atomic E-state index is 7.20. The van der Waals surface area contributed by atoms with Crippen LogP contribution >= 0.6 is 0 Å². The van der Waals surface area contributed by atoms with Crippen molar-refractivity contribution >= 4 is 90.5 Å². The highest BCUT2D eigenvalue weighted by molar-refractivity contribution is 6.74. The molecule has 14 rings (SSSR count). The summed E-state index contributed by atoms with van der Waals surface area (Å²) < 4.78 is 27.7. The Morgan fingerprint density at radius 2 is 1.10 bits per heavy atom. The van der Waals surface area contributed by atoms with Crippen LogP contribution in [0.2, 0.25) is 0 Å². The number of benzene rings is 9. The molecule has 2 aromatic heterocycles. The van der Waals surface area contributed by atoms with E-state index in [0.717, 1.165) is 118 Å². The number of hydrogen-bond donors (Lipinski definition) is 1. The fourth-order valence-corrected chi connectivity index (χ4v) is 11.7. The first-order valence-electron chi connectivity index (χ1n) is 24.8. The van der Waals surface area contributed by atoms with Crippen LogP contribution in [0.3, 0.4) is 0 Å². The molecule has 1 N–H and O–H groups in total. The second-order valence-electron chi connectivity index (χ2n) is 21.1. The monoisotopic (exact) mass is 921 g/mol. The standard InChI is InChI=1S/C64H50BN2O4/c1-36-24-26-47(42(30-36)38-16-8-7-9-17-38)66-48-27-25-41-39-18-10-12-20-52(39)70-61(41)58(48)59-60-51(32-43-40-19-11-13-21-53(40)71-62(43)59)67(49-33-45-44(31-37(49)2)63(3,4)28-29-64(45,5)6)50-35-57-56(34-46(50)65-60)68-54-22-14-15-23-55(54)69-57/h7-27,30-35,66H,28-29H2,1-6H3. The van der Waals surface area contributed by atoms with Gasteiger partial charge in [-0.1, -0.05) is 130 Å². The van der Waals surface area contributed by atoms with Gasteiger partial charge in [0, 0.05) is 61.5 Å². The molecule has 0 amide bonds. The molecular formula is C64H50BN2O4. The SMILES string of the molecule is Cc1ccc(Nc2ccc3c(oc4ccccc43)c2-c2c3c(cc4c2oc2ccccc24)N(c2cc4c(cc2C)C(C)(C)CCC4(C)C)c2cc4c(cc2[B]3)Oc2ccccc2O4)c(-c2ccccc2)c1. The smallest absolute Gasteiger partial charge is 0.198 e. The third kappa shape index (κ3) is 6.41. The first-order chi connectivity index (χ1) is 34.5. The van der Waals surface area contributed by atoms with E-state index in [1.807, 2.05) is 30.3 Å². The Morgan fingerprint density at radius 3 is 1.82 bits per heavy atom. The highest BCUT2D eigenvalue weighted by Crippen LogP contribution is 2.54. The molecule has 0 spiro atoms. The minimum atomic E-state index is -0.0284. The topological polar surface area (TPSA) is 60.0 Å². The van der Waals surface area contributed by atoms with E-state index in [2.05, 4.69) is 192 Å². The first kappa shape index (κ1) is 41.8. The van der Waals surface area contributed by atoms with Gasteiger partial charge in [0.25, 0.3) is 0 Å². The Balaban J connectivity index is 1.10. The molecule has 4 heterocycles. The van der Waals surface area contributed by atoms with Crippen LogP contribution in [0, 0.1) is 13.8 Å². The van der Waals surface area contributed by atoms with Gasteiger partial charge in [-0.2, -0.15) is 0 Å². The quantitative estimate of drug-likeness (QED) is 0.174. The van der Waals surface area contributed by atoms with Crippen LogP contribution in [0.4, 0.5) is 28.4 Å². The minimum absolute atomic E-state index is 0.0284. The van der Waals surface area contributed by atoms with Crippen molar-refractivity contribution in [1.29, 1.82) is 0 Å². The van der Waals surface area contributed by atoms with E-state index in [1.165, 1.54) is 22.3 Å². The van der Waals surface area contributed by atoms with Crippen molar-refractivity contribution in [2.75, 3.05) is 10.2 Å². The number of fused-ring (bicyclic) bond motifs is 11. The number of hydrogen-bond acceptors (Lipinski definition) is 6. The van der Waals surface area contributed by atoms with Gasteiger partial charge in [-0.15, -0.1) is 0 Å². The molecule has 1 aliphatic carbocycles. The lowest BCUT2D eigenvalue weighted by atomic mass is 9.57. The van der Waals surface area contributed by atoms with Gasteiger partial charge >= 0.3 is 0 Å². The van der Waals surface area contributed by atoms with E-state index >= 15 is 0 Å². The second kappa shape index (κ2) is 15.2. The largest absolute Gasteiger partial charge is 0.455 e. The van der Waals surface area contributed by atoms with Gasteiger partial charge in [-0.05, 0) is 132 Å². The number of nitrogens with zero attached hydrogens (tertiary/aromatic N) is 1. The molecule has 343 valence electrons. The first-order valence-corrected chi connectivity index (χ1v) is 24.8. The summed E-state index contributed by atoms with van der Waals surface area (Å²) in [5, 5.41) is 8.14. The summed E-state index contributed by atoms with van der Waals surface area (Å²) in [6.45, 7) is 14.0. The number of rotatable bonds is 5.